The maximum absolute atomic E-state index is 13.0. The van der Waals surface area contributed by atoms with Crippen LogP contribution in [-0.2, 0) is 15.7 Å². The first-order chi connectivity index (χ1) is 12.6. The molecule has 4 nitrogen and oxygen atoms in total. The molecule has 0 aliphatic carbocycles. The molecule has 0 spiro atoms. The number of hydrogen-bond donors (Lipinski definition) is 0. The van der Waals surface area contributed by atoms with Crippen molar-refractivity contribution in [1.29, 1.82) is 0 Å². The highest BCUT2D eigenvalue weighted by Crippen LogP contribution is 2.37. The molecule has 27 heavy (non-hydrogen) atoms. The molecule has 1 aliphatic rings. The van der Waals surface area contributed by atoms with Crippen molar-refractivity contribution >= 4 is 12.3 Å². The zero-order valence-electron chi connectivity index (χ0n) is 15.9. The van der Waals surface area contributed by atoms with Crippen LogP contribution in [0.3, 0.4) is 0 Å². The Bertz CT molecular complexity index is 665. The van der Waals surface area contributed by atoms with Crippen molar-refractivity contribution in [2.45, 2.75) is 45.8 Å². The lowest BCUT2D eigenvalue weighted by Gasteiger charge is -2.40. The Balaban J connectivity index is 2.19. The lowest BCUT2D eigenvalue weighted by Crippen LogP contribution is -2.40. The van der Waals surface area contributed by atoms with E-state index in [4.69, 9.17) is 4.74 Å². The lowest BCUT2D eigenvalue weighted by atomic mass is 9.87. The predicted molar refractivity (Wildman–Crippen MR) is 95.3 cm³/mol. The van der Waals surface area contributed by atoms with E-state index < -0.39 is 11.7 Å². The van der Waals surface area contributed by atoms with Crippen molar-refractivity contribution in [2.75, 3.05) is 19.7 Å². The number of esters is 1. The third kappa shape index (κ3) is 5.54. The highest BCUT2D eigenvalue weighted by atomic mass is 19.4. The summed E-state index contributed by atoms with van der Waals surface area (Å²) in [5.41, 5.74) is -0.0899. The number of benzene rings is 1. The molecular weight excluding hydrogens is 359 g/mol. The lowest BCUT2D eigenvalue weighted by molar-refractivity contribution is -0.143. The molecule has 0 N–H and O–H groups in total. The minimum absolute atomic E-state index is 0.0885. The maximum Gasteiger partial charge on any atom is 0.416 e. The van der Waals surface area contributed by atoms with Gasteiger partial charge in [-0.1, -0.05) is 19.9 Å². The Kier molecular flexibility index (Phi) is 7.03. The molecule has 150 valence electrons. The molecule has 1 saturated heterocycles. The third-order valence-corrected chi connectivity index (χ3v) is 5.06. The molecule has 0 bridgehead atoms. The van der Waals surface area contributed by atoms with Crippen LogP contribution in [0.25, 0.3) is 0 Å². The quantitative estimate of drug-likeness (QED) is 0.535. The highest BCUT2D eigenvalue weighted by Gasteiger charge is 2.34. The van der Waals surface area contributed by atoms with Crippen LogP contribution in [-0.4, -0.2) is 36.9 Å². The normalized spacial score (nSPS) is 17.7. The van der Waals surface area contributed by atoms with Gasteiger partial charge in [-0.25, -0.2) is 0 Å². The Labute approximate surface area is 157 Å². The van der Waals surface area contributed by atoms with Crippen molar-refractivity contribution in [3.63, 3.8) is 0 Å². The Hall–Kier alpha value is -1.89. The SMILES string of the molecule is CC(=O)OCC1CCN(C(c2ccc(C(F)(F)F)cc2C=O)C(C)C)CC1. The summed E-state index contributed by atoms with van der Waals surface area (Å²) >= 11 is 0. The summed E-state index contributed by atoms with van der Waals surface area (Å²) in [5, 5.41) is 0. The number of ether oxygens (including phenoxy) is 1. The maximum atomic E-state index is 13.0. The second-order valence-corrected chi connectivity index (χ2v) is 7.43. The fourth-order valence-corrected chi connectivity index (χ4v) is 3.73. The van der Waals surface area contributed by atoms with Crippen LogP contribution in [0.4, 0.5) is 13.2 Å². The summed E-state index contributed by atoms with van der Waals surface area (Å²) in [4.78, 5) is 24.7. The smallest absolute Gasteiger partial charge is 0.416 e. The van der Waals surface area contributed by atoms with Crippen LogP contribution >= 0.6 is 0 Å². The van der Waals surface area contributed by atoms with Crippen LogP contribution in [0.5, 0.6) is 0 Å². The third-order valence-electron chi connectivity index (χ3n) is 5.06. The second-order valence-electron chi connectivity index (χ2n) is 7.43. The van der Waals surface area contributed by atoms with Crippen molar-refractivity contribution in [3.8, 4) is 0 Å². The molecule has 1 unspecified atom stereocenters. The fourth-order valence-electron chi connectivity index (χ4n) is 3.73. The number of carbonyl (C=O) groups excluding carboxylic acids is 2. The minimum Gasteiger partial charge on any atom is -0.466 e. The van der Waals surface area contributed by atoms with Gasteiger partial charge in [-0.05, 0) is 55.5 Å². The molecular formula is C20H26F3NO3. The molecule has 1 aliphatic heterocycles. The average molecular weight is 385 g/mol. The van der Waals surface area contributed by atoms with Gasteiger partial charge in [0, 0.05) is 18.5 Å². The zero-order valence-corrected chi connectivity index (χ0v) is 15.9. The standard InChI is InChI=1S/C20H26F3NO3/c1-13(2)19(24-8-6-15(7-9-24)12-27-14(3)26)18-5-4-17(20(21,22)23)10-16(18)11-25/h4-5,10-11,13,15,19H,6-9,12H2,1-3H3. The number of rotatable bonds is 6. The topological polar surface area (TPSA) is 46.6 Å². The Morgan fingerprint density at radius 3 is 2.41 bits per heavy atom. The number of nitrogens with zero attached hydrogens (tertiary/aromatic N) is 1. The summed E-state index contributed by atoms with van der Waals surface area (Å²) in [6.07, 6.45) is -2.28. The van der Waals surface area contributed by atoms with Crippen LogP contribution in [0.15, 0.2) is 18.2 Å². The summed E-state index contributed by atoms with van der Waals surface area (Å²) in [7, 11) is 0. The van der Waals surface area contributed by atoms with Gasteiger partial charge in [-0.15, -0.1) is 0 Å². The van der Waals surface area contributed by atoms with E-state index in [1.165, 1.54) is 13.0 Å². The second kappa shape index (κ2) is 8.87. The largest absolute Gasteiger partial charge is 0.466 e. The van der Waals surface area contributed by atoms with Crippen molar-refractivity contribution in [3.05, 3.63) is 34.9 Å². The monoisotopic (exact) mass is 385 g/mol. The number of piperidine rings is 1. The van der Waals surface area contributed by atoms with E-state index in [0.29, 0.717) is 18.5 Å². The molecule has 0 saturated carbocycles. The molecule has 0 amide bonds. The molecule has 0 aromatic heterocycles. The van der Waals surface area contributed by atoms with E-state index in [1.54, 1.807) is 0 Å². The van der Waals surface area contributed by atoms with E-state index >= 15 is 0 Å². The van der Waals surface area contributed by atoms with E-state index in [0.717, 1.165) is 38.1 Å². The van der Waals surface area contributed by atoms with Gasteiger partial charge in [0.25, 0.3) is 0 Å². The zero-order chi connectivity index (χ0) is 20.2. The molecule has 1 fully saturated rings. The Morgan fingerprint density at radius 1 is 1.30 bits per heavy atom. The molecule has 2 rings (SSSR count). The van der Waals surface area contributed by atoms with Gasteiger partial charge in [-0.3, -0.25) is 14.5 Å². The van der Waals surface area contributed by atoms with E-state index in [2.05, 4.69) is 4.90 Å². The van der Waals surface area contributed by atoms with Crippen LogP contribution in [0.1, 0.15) is 61.1 Å². The van der Waals surface area contributed by atoms with E-state index in [1.807, 2.05) is 13.8 Å². The van der Waals surface area contributed by atoms with Gasteiger partial charge in [0.05, 0.1) is 12.2 Å². The minimum atomic E-state index is -4.47. The summed E-state index contributed by atoms with van der Waals surface area (Å²) < 4.78 is 44.0. The molecule has 1 aromatic rings. The van der Waals surface area contributed by atoms with Gasteiger partial charge in [0.15, 0.2) is 0 Å². The first kappa shape index (κ1) is 21.4. The average Bonchev–Trinajstić information content (AvgIpc) is 2.60. The van der Waals surface area contributed by atoms with E-state index in [9.17, 15) is 22.8 Å². The molecule has 1 aromatic carbocycles. The first-order valence-electron chi connectivity index (χ1n) is 9.17. The summed E-state index contributed by atoms with van der Waals surface area (Å²) in [6, 6.07) is 3.28. The van der Waals surface area contributed by atoms with Crippen molar-refractivity contribution in [2.24, 2.45) is 11.8 Å². The highest BCUT2D eigenvalue weighted by molar-refractivity contribution is 5.78. The van der Waals surface area contributed by atoms with Gasteiger partial charge in [0.2, 0.25) is 0 Å². The molecule has 0 radical (unpaired) electrons. The molecule has 1 heterocycles. The van der Waals surface area contributed by atoms with Crippen molar-refractivity contribution in [1.82, 2.24) is 4.90 Å². The van der Waals surface area contributed by atoms with Crippen LogP contribution in [0.2, 0.25) is 0 Å². The number of aldehydes is 1. The van der Waals surface area contributed by atoms with Gasteiger partial charge in [-0.2, -0.15) is 13.2 Å². The van der Waals surface area contributed by atoms with Gasteiger partial charge < -0.3 is 4.74 Å². The number of carbonyl (C=O) groups is 2. The number of alkyl halides is 3. The fraction of sp³-hybridized carbons (Fsp3) is 0.600. The molecule has 1 atom stereocenters. The molecule has 7 heteroatoms. The summed E-state index contributed by atoms with van der Waals surface area (Å²) in [5.74, 6) is 0.124. The van der Waals surface area contributed by atoms with E-state index in [-0.39, 0.29) is 29.4 Å². The number of likely N-dealkylation sites (tertiary alicyclic amines) is 1. The van der Waals surface area contributed by atoms with Crippen LogP contribution < -0.4 is 0 Å². The van der Waals surface area contributed by atoms with Gasteiger partial charge in [0.1, 0.15) is 6.29 Å². The summed E-state index contributed by atoms with van der Waals surface area (Å²) in [6.45, 7) is 7.27. The Morgan fingerprint density at radius 2 is 1.93 bits per heavy atom. The predicted octanol–water partition coefficient (Wildman–Crippen LogP) is 4.49. The van der Waals surface area contributed by atoms with Crippen molar-refractivity contribution < 1.29 is 27.5 Å². The number of halogens is 3. The first-order valence-corrected chi connectivity index (χ1v) is 9.17. The number of hydrogen-bond acceptors (Lipinski definition) is 4. The van der Waals surface area contributed by atoms with Gasteiger partial charge >= 0.3 is 12.1 Å². The van der Waals surface area contributed by atoms with Crippen LogP contribution in [0, 0.1) is 11.8 Å².